The maximum absolute atomic E-state index is 13.3. The SMILES string of the molecule is CCCN1CCO[C@@](COc2cc(C)c(Cl)c(C)c2)(CC(=O)N2CCC(NC(C)=O)CC2)C1. The van der Waals surface area contributed by atoms with Gasteiger partial charge in [-0.05, 0) is 62.9 Å². The second kappa shape index (κ2) is 11.5. The smallest absolute Gasteiger partial charge is 0.225 e. The van der Waals surface area contributed by atoms with Crippen molar-refractivity contribution in [2.24, 2.45) is 0 Å². The Kier molecular flexibility index (Phi) is 9.02. The van der Waals surface area contributed by atoms with Crippen LogP contribution in [0.15, 0.2) is 12.1 Å². The molecule has 2 aliphatic rings. The van der Waals surface area contributed by atoms with Crippen LogP contribution >= 0.6 is 11.6 Å². The number of carbonyl (C=O) groups excluding carboxylic acids is 2. The number of hydrogen-bond acceptors (Lipinski definition) is 5. The molecule has 0 bridgehead atoms. The number of benzene rings is 1. The second-order valence-electron chi connectivity index (χ2n) is 9.50. The molecule has 1 aromatic carbocycles. The van der Waals surface area contributed by atoms with E-state index in [9.17, 15) is 9.59 Å². The third-order valence-electron chi connectivity index (χ3n) is 6.51. The van der Waals surface area contributed by atoms with E-state index in [2.05, 4.69) is 17.1 Å². The highest BCUT2D eigenvalue weighted by molar-refractivity contribution is 6.32. The fraction of sp³-hybridized carbons (Fsp3) is 0.680. The fourth-order valence-electron chi connectivity index (χ4n) is 4.83. The van der Waals surface area contributed by atoms with Crippen LogP contribution in [0.3, 0.4) is 0 Å². The first-order valence-corrected chi connectivity index (χ1v) is 12.4. The number of nitrogens with zero attached hydrogens (tertiary/aromatic N) is 2. The number of ether oxygens (including phenoxy) is 2. The molecule has 2 fully saturated rings. The molecular weight excluding hydrogens is 442 g/mol. The highest BCUT2D eigenvalue weighted by atomic mass is 35.5. The maximum Gasteiger partial charge on any atom is 0.225 e. The fourth-order valence-corrected chi connectivity index (χ4v) is 4.94. The van der Waals surface area contributed by atoms with Crippen molar-refractivity contribution in [3.8, 4) is 5.75 Å². The van der Waals surface area contributed by atoms with Crippen molar-refractivity contribution in [3.63, 3.8) is 0 Å². The Hall–Kier alpha value is -1.83. The van der Waals surface area contributed by atoms with Crippen molar-refractivity contribution in [1.82, 2.24) is 15.1 Å². The summed E-state index contributed by atoms with van der Waals surface area (Å²) in [5.74, 6) is 0.811. The zero-order chi connectivity index (χ0) is 24.0. The number of carbonyl (C=O) groups is 2. The molecule has 2 saturated heterocycles. The molecule has 1 aromatic rings. The molecule has 1 N–H and O–H groups in total. The average Bonchev–Trinajstić information content (AvgIpc) is 2.76. The van der Waals surface area contributed by atoms with Crippen molar-refractivity contribution < 1.29 is 19.1 Å². The van der Waals surface area contributed by atoms with Crippen molar-refractivity contribution in [1.29, 1.82) is 0 Å². The summed E-state index contributed by atoms with van der Waals surface area (Å²) in [6, 6.07) is 4.01. The highest BCUT2D eigenvalue weighted by Crippen LogP contribution is 2.29. The Balaban J connectivity index is 1.69. The van der Waals surface area contributed by atoms with E-state index < -0.39 is 5.60 Å². The molecule has 0 aromatic heterocycles. The lowest BCUT2D eigenvalue weighted by atomic mass is 9.95. The summed E-state index contributed by atoms with van der Waals surface area (Å²) >= 11 is 6.31. The van der Waals surface area contributed by atoms with Crippen molar-refractivity contribution in [3.05, 3.63) is 28.3 Å². The van der Waals surface area contributed by atoms with Gasteiger partial charge >= 0.3 is 0 Å². The van der Waals surface area contributed by atoms with E-state index in [0.717, 1.165) is 54.3 Å². The van der Waals surface area contributed by atoms with Gasteiger partial charge in [-0.2, -0.15) is 0 Å². The Morgan fingerprint density at radius 3 is 2.48 bits per heavy atom. The lowest BCUT2D eigenvalue weighted by Gasteiger charge is -2.43. The van der Waals surface area contributed by atoms with Gasteiger partial charge < -0.3 is 19.7 Å². The van der Waals surface area contributed by atoms with Gasteiger partial charge in [0.05, 0.1) is 13.0 Å². The van der Waals surface area contributed by atoms with Crippen LogP contribution in [-0.2, 0) is 14.3 Å². The molecule has 0 unspecified atom stereocenters. The Morgan fingerprint density at radius 1 is 1.21 bits per heavy atom. The van der Waals surface area contributed by atoms with E-state index in [1.165, 1.54) is 6.92 Å². The van der Waals surface area contributed by atoms with Crippen molar-refractivity contribution in [2.45, 2.75) is 65.0 Å². The van der Waals surface area contributed by atoms with Crippen LogP contribution in [0.1, 0.15) is 50.7 Å². The summed E-state index contributed by atoms with van der Waals surface area (Å²) < 4.78 is 12.5. The van der Waals surface area contributed by atoms with Gasteiger partial charge in [0, 0.05) is 44.2 Å². The summed E-state index contributed by atoms with van der Waals surface area (Å²) in [6.07, 6.45) is 2.89. The highest BCUT2D eigenvalue weighted by Gasteiger charge is 2.41. The van der Waals surface area contributed by atoms with Gasteiger partial charge in [-0.15, -0.1) is 0 Å². The van der Waals surface area contributed by atoms with Crippen molar-refractivity contribution >= 4 is 23.4 Å². The molecule has 0 radical (unpaired) electrons. The van der Waals surface area contributed by atoms with Crippen LogP contribution in [-0.4, -0.2) is 79.2 Å². The van der Waals surface area contributed by atoms with Crippen LogP contribution in [0.25, 0.3) is 0 Å². The average molecular weight is 480 g/mol. The first kappa shape index (κ1) is 25.8. The van der Waals surface area contributed by atoms with Gasteiger partial charge in [-0.3, -0.25) is 14.5 Å². The Bertz CT molecular complexity index is 816. The minimum absolute atomic E-state index is 0.0184. The minimum atomic E-state index is -0.694. The van der Waals surface area contributed by atoms with E-state index in [1.807, 2.05) is 30.9 Å². The number of halogens is 1. The van der Waals surface area contributed by atoms with Gasteiger partial charge in [0.15, 0.2) is 0 Å². The van der Waals surface area contributed by atoms with Crippen LogP contribution in [0.4, 0.5) is 0 Å². The zero-order valence-corrected chi connectivity index (χ0v) is 21.2. The quantitative estimate of drug-likeness (QED) is 0.619. The van der Waals surface area contributed by atoms with E-state index >= 15 is 0 Å². The number of morpholine rings is 1. The molecule has 8 heteroatoms. The standard InChI is InChI=1S/C25H38ClN3O4/c1-5-8-28-11-12-33-25(16-28,17-32-22-13-18(2)24(26)19(3)14-22)15-23(31)29-9-6-21(7-10-29)27-20(4)30/h13-14,21H,5-12,15-17H2,1-4H3,(H,27,30)/t25-/m0/s1. The summed E-state index contributed by atoms with van der Waals surface area (Å²) in [7, 11) is 0. The molecule has 2 heterocycles. The third kappa shape index (κ3) is 7.08. The van der Waals surface area contributed by atoms with Gasteiger partial charge in [0.1, 0.15) is 18.0 Å². The maximum atomic E-state index is 13.3. The topological polar surface area (TPSA) is 71.1 Å². The number of piperidine rings is 1. The van der Waals surface area contributed by atoms with Gasteiger partial charge in [0.25, 0.3) is 0 Å². The van der Waals surface area contributed by atoms with E-state index in [-0.39, 0.29) is 24.3 Å². The van der Waals surface area contributed by atoms with Crippen molar-refractivity contribution in [2.75, 3.05) is 45.9 Å². The Morgan fingerprint density at radius 2 is 1.88 bits per heavy atom. The second-order valence-corrected chi connectivity index (χ2v) is 9.88. The zero-order valence-electron chi connectivity index (χ0n) is 20.4. The van der Waals surface area contributed by atoms with Gasteiger partial charge in [0.2, 0.25) is 11.8 Å². The number of aryl methyl sites for hydroxylation is 2. The molecule has 33 heavy (non-hydrogen) atoms. The summed E-state index contributed by atoms with van der Waals surface area (Å²) in [5.41, 5.74) is 1.24. The third-order valence-corrected chi connectivity index (χ3v) is 7.10. The molecule has 7 nitrogen and oxygen atoms in total. The molecule has 0 saturated carbocycles. The number of likely N-dealkylation sites (tertiary alicyclic amines) is 1. The number of hydrogen-bond donors (Lipinski definition) is 1. The largest absolute Gasteiger partial charge is 0.490 e. The monoisotopic (exact) mass is 479 g/mol. The Labute approximate surface area is 202 Å². The predicted octanol–water partition coefficient (Wildman–Crippen LogP) is 3.33. The van der Waals surface area contributed by atoms with Crippen LogP contribution in [0, 0.1) is 13.8 Å². The van der Waals surface area contributed by atoms with E-state index in [0.29, 0.717) is 32.8 Å². The van der Waals surface area contributed by atoms with Crippen LogP contribution < -0.4 is 10.1 Å². The number of rotatable bonds is 8. The van der Waals surface area contributed by atoms with E-state index in [4.69, 9.17) is 21.1 Å². The summed E-state index contributed by atoms with van der Waals surface area (Å²) in [5, 5.41) is 3.71. The van der Waals surface area contributed by atoms with Crippen LogP contribution in [0.2, 0.25) is 5.02 Å². The number of nitrogens with one attached hydrogen (secondary N) is 1. The lowest BCUT2D eigenvalue weighted by molar-refractivity contribution is -0.156. The molecule has 0 spiro atoms. The summed E-state index contributed by atoms with van der Waals surface area (Å²) in [4.78, 5) is 28.9. The van der Waals surface area contributed by atoms with Crippen LogP contribution in [0.5, 0.6) is 5.75 Å². The lowest BCUT2D eigenvalue weighted by Crippen LogP contribution is -2.57. The molecule has 2 aliphatic heterocycles. The normalized spacial score (nSPS) is 22.3. The molecule has 184 valence electrons. The van der Waals surface area contributed by atoms with Gasteiger partial charge in [-0.25, -0.2) is 0 Å². The first-order chi connectivity index (χ1) is 15.7. The minimum Gasteiger partial charge on any atom is -0.490 e. The molecule has 2 amide bonds. The molecule has 3 rings (SSSR count). The first-order valence-electron chi connectivity index (χ1n) is 12.0. The molecule has 0 aliphatic carbocycles. The number of amides is 2. The molecule has 1 atom stereocenters. The molecular formula is C25H38ClN3O4. The van der Waals surface area contributed by atoms with E-state index in [1.54, 1.807) is 0 Å². The predicted molar refractivity (Wildman–Crippen MR) is 130 cm³/mol. The van der Waals surface area contributed by atoms with Gasteiger partial charge in [-0.1, -0.05) is 18.5 Å². The summed E-state index contributed by atoms with van der Waals surface area (Å²) in [6.45, 7) is 12.3.